The van der Waals surface area contributed by atoms with Crippen molar-refractivity contribution >= 4 is 17.7 Å². The zero-order valence-electron chi connectivity index (χ0n) is 16.2. The van der Waals surface area contributed by atoms with Crippen molar-refractivity contribution in [1.82, 2.24) is 20.4 Å². The molecule has 0 bridgehead atoms. The third kappa shape index (κ3) is 7.13. The summed E-state index contributed by atoms with van der Waals surface area (Å²) in [6.07, 6.45) is 3.26. The molecule has 1 saturated heterocycles. The zero-order chi connectivity index (χ0) is 18.8. The molecular weight excluding hydrogens is 349 g/mol. The maximum absolute atomic E-state index is 13.5. The van der Waals surface area contributed by atoms with Crippen LogP contribution in [0.5, 0.6) is 0 Å². The van der Waals surface area contributed by atoms with E-state index in [9.17, 15) is 4.39 Å². The Labute approximate surface area is 161 Å². The summed E-state index contributed by atoms with van der Waals surface area (Å²) in [4.78, 5) is 9.19. The second-order valence-corrected chi connectivity index (χ2v) is 7.56. The first kappa shape index (κ1) is 21.0. The number of hydrogen-bond donors (Lipinski definition) is 2. The number of benzene rings is 1. The molecule has 26 heavy (non-hydrogen) atoms. The van der Waals surface area contributed by atoms with Crippen LogP contribution in [0, 0.1) is 5.82 Å². The summed E-state index contributed by atoms with van der Waals surface area (Å²) in [6, 6.07) is 5.00. The minimum Gasteiger partial charge on any atom is -0.355 e. The van der Waals surface area contributed by atoms with Crippen molar-refractivity contribution in [2.75, 3.05) is 59.6 Å². The highest BCUT2D eigenvalue weighted by Crippen LogP contribution is 2.16. The van der Waals surface area contributed by atoms with Crippen LogP contribution in [0.25, 0.3) is 0 Å². The molecule has 1 aromatic carbocycles. The fraction of sp³-hybridized carbons (Fsp3) is 0.632. The summed E-state index contributed by atoms with van der Waals surface area (Å²) in [5.74, 6) is 1.42. The lowest BCUT2D eigenvalue weighted by atomic mass is 10.1. The number of halogens is 1. The van der Waals surface area contributed by atoms with Crippen molar-refractivity contribution in [2.45, 2.75) is 18.7 Å². The molecule has 0 unspecified atom stereocenters. The third-order valence-corrected chi connectivity index (χ3v) is 5.27. The number of aliphatic imine (C=N–C) groups is 1. The Hall–Kier alpha value is -1.31. The molecule has 0 saturated carbocycles. The van der Waals surface area contributed by atoms with Gasteiger partial charge in [0.2, 0.25) is 0 Å². The van der Waals surface area contributed by atoms with Crippen LogP contribution in [0.15, 0.2) is 23.2 Å². The molecule has 7 heteroatoms. The van der Waals surface area contributed by atoms with E-state index in [2.05, 4.69) is 32.5 Å². The minimum absolute atomic E-state index is 0.177. The van der Waals surface area contributed by atoms with E-state index in [-0.39, 0.29) is 5.82 Å². The van der Waals surface area contributed by atoms with Crippen LogP contribution >= 0.6 is 11.8 Å². The molecule has 0 spiro atoms. The van der Waals surface area contributed by atoms with Crippen LogP contribution < -0.4 is 10.6 Å². The molecule has 0 atom stereocenters. The number of nitrogens with zero attached hydrogens (tertiary/aromatic N) is 3. The fourth-order valence-corrected chi connectivity index (χ4v) is 3.69. The second kappa shape index (κ2) is 11.4. The third-order valence-electron chi connectivity index (χ3n) is 4.67. The predicted octanol–water partition coefficient (Wildman–Crippen LogP) is 1.99. The van der Waals surface area contributed by atoms with Crippen molar-refractivity contribution in [3.8, 4) is 0 Å². The number of rotatable bonds is 7. The Morgan fingerprint density at radius 1 is 1.19 bits per heavy atom. The van der Waals surface area contributed by atoms with Crippen molar-refractivity contribution in [1.29, 1.82) is 0 Å². The minimum atomic E-state index is -0.177. The summed E-state index contributed by atoms with van der Waals surface area (Å²) in [5.41, 5.74) is 2.15. The Bertz CT molecular complexity index is 581. The Morgan fingerprint density at radius 3 is 2.81 bits per heavy atom. The molecule has 2 rings (SSSR count). The molecule has 2 N–H and O–H groups in total. The van der Waals surface area contributed by atoms with Gasteiger partial charge in [-0.15, -0.1) is 0 Å². The Morgan fingerprint density at radius 2 is 2.04 bits per heavy atom. The number of hydrogen-bond acceptors (Lipinski definition) is 4. The molecule has 146 valence electrons. The zero-order valence-corrected chi connectivity index (χ0v) is 17.0. The van der Waals surface area contributed by atoms with Gasteiger partial charge in [-0.25, -0.2) is 4.39 Å². The molecule has 0 amide bonds. The lowest BCUT2D eigenvalue weighted by Gasteiger charge is -2.21. The van der Waals surface area contributed by atoms with Gasteiger partial charge in [0.15, 0.2) is 5.96 Å². The largest absolute Gasteiger partial charge is 0.355 e. The van der Waals surface area contributed by atoms with Crippen molar-refractivity contribution in [3.63, 3.8) is 0 Å². The number of thioether (sulfide) groups is 1. The van der Waals surface area contributed by atoms with E-state index in [4.69, 9.17) is 0 Å². The number of guanidine groups is 1. The fourth-order valence-electron chi connectivity index (χ4n) is 3.11. The molecule has 1 heterocycles. The van der Waals surface area contributed by atoms with E-state index in [1.807, 2.05) is 12.3 Å². The summed E-state index contributed by atoms with van der Waals surface area (Å²) in [7, 11) is 3.97. The average Bonchev–Trinajstić information content (AvgIpc) is 2.84. The summed E-state index contributed by atoms with van der Waals surface area (Å²) >= 11 is 1.70. The maximum Gasteiger partial charge on any atom is 0.191 e. The van der Waals surface area contributed by atoms with Crippen LogP contribution in [0.3, 0.4) is 0 Å². The Balaban J connectivity index is 1.77. The highest BCUT2D eigenvalue weighted by atomic mass is 32.2. The lowest BCUT2D eigenvalue weighted by Crippen LogP contribution is -2.42. The normalized spacial score (nSPS) is 17.2. The van der Waals surface area contributed by atoms with E-state index in [1.165, 1.54) is 19.0 Å². The second-order valence-electron chi connectivity index (χ2n) is 6.70. The molecule has 1 aliphatic rings. The monoisotopic (exact) mass is 381 g/mol. The summed E-state index contributed by atoms with van der Waals surface area (Å²) < 4.78 is 13.5. The molecule has 0 radical (unpaired) electrons. The smallest absolute Gasteiger partial charge is 0.191 e. The standard InChI is InChI=1S/C19H32FN5S/c1-21-19(22-7-10-25-9-4-8-24(2)11-12-25)23-14-16-5-6-18(20)13-17(16)15-26-3/h5-6,13H,4,7-12,14-15H2,1-3H3,(H2,21,22,23). The quantitative estimate of drug-likeness (QED) is 0.559. The van der Waals surface area contributed by atoms with Crippen molar-refractivity contribution in [2.24, 2.45) is 4.99 Å². The first-order chi connectivity index (χ1) is 12.6. The van der Waals surface area contributed by atoms with Crippen LogP contribution in [0.2, 0.25) is 0 Å². The maximum atomic E-state index is 13.5. The number of likely N-dealkylation sites (N-methyl/N-ethyl adjacent to an activating group) is 1. The van der Waals surface area contributed by atoms with Gasteiger partial charge in [0.05, 0.1) is 0 Å². The van der Waals surface area contributed by atoms with Gasteiger partial charge in [-0.05, 0) is 56.1 Å². The van der Waals surface area contributed by atoms with Crippen LogP contribution in [-0.2, 0) is 12.3 Å². The first-order valence-electron chi connectivity index (χ1n) is 9.24. The average molecular weight is 382 g/mol. The van der Waals surface area contributed by atoms with Crippen LogP contribution in [0.4, 0.5) is 4.39 Å². The van der Waals surface area contributed by atoms with Gasteiger partial charge in [0.1, 0.15) is 5.82 Å². The van der Waals surface area contributed by atoms with E-state index < -0.39 is 0 Å². The van der Waals surface area contributed by atoms with Crippen molar-refractivity contribution < 1.29 is 4.39 Å². The molecule has 0 aromatic heterocycles. The molecule has 1 aliphatic heterocycles. The van der Waals surface area contributed by atoms with Gasteiger partial charge >= 0.3 is 0 Å². The lowest BCUT2D eigenvalue weighted by molar-refractivity contribution is 0.280. The van der Waals surface area contributed by atoms with Gasteiger partial charge in [0, 0.05) is 45.5 Å². The predicted molar refractivity (Wildman–Crippen MR) is 110 cm³/mol. The Kier molecular flexibility index (Phi) is 9.22. The van der Waals surface area contributed by atoms with E-state index in [0.29, 0.717) is 6.54 Å². The number of nitrogens with one attached hydrogen (secondary N) is 2. The molecular formula is C19H32FN5S. The van der Waals surface area contributed by atoms with Gasteiger partial charge in [-0.1, -0.05) is 6.07 Å². The topological polar surface area (TPSA) is 42.9 Å². The van der Waals surface area contributed by atoms with Crippen LogP contribution in [-0.4, -0.2) is 75.4 Å². The molecule has 1 fully saturated rings. The van der Waals surface area contributed by atoms with E-state index in [1.54, 1.807) is 24.9 Å². The highest BCUT2D eigenvalue weighted by molar-refractivity contribution is 7.97. The summed E-state index contributed by atoms with van der Waals surface area (Å²) in [6.45, 7) is 7.13. The van der Waals surface area contributed by atoms with Crippen LogP contribution in [0.1, 0.15) is 17.5 Å². The molecule has 0 aliphatic carbocycles. The highest BCUT2D eigenvalue weighted by Gasteiger charge is 2.11. The van der Waals surface area contributed by atoms with E-state index >= 15 is 0 Å². The van der Waals surface area contributed by atoms with Gasteiger partial charge in [0.25, 0.3) is 0 Å². The first-order valence-corrected chi connectivity index (χ1v) is 10.6. The molecule has 5 nitrogen and oxygen atoms in total. The van der Waals surface area contributed by atoms with Gasteiger partial charge in [-0.2, -0.15) is 11.8 Å². The van der Waals surface area contributed by atoms with E-state index in [0.717, 1.165) is 55.6 Å². The molecule has 1 aromatic rings. The van der Waals surface area contributed by atoms with Crippen molar-refractivity contribution in [3.05, 3.63) is 35.1 Å². The van der Waals surface area contributed by atoms with Gasteiger partial charge < -0.3 is 20.4 Å². The SMILES string of the molecule is CN=C(NCCN1CCCN(C)CC1)NCc1ccc(F)cc1CSC. The summed E-state index contributed by atoms with van der Waals surface area (Å²) in [5, 5.41) is 6.73. The van der Waals surface area contributed by atoms with Gasteiger partial charge in [-0.3, -0.25) is 4.99 Å².